The van der Waals surface area contributed by atoms with Crippen molar-refractivity contribution in [2.75, 3.05) is 29.9 Å². The molecule has 0 aliphatic carbocycles. The molecule has 6 nitrogen and oxygen atoms in total. The van der Waals surface area contributed by atoms with Gasteiger partial charge in [0.2, 0.25) is 0 Å². The topological polar surface area (TPSA) is 59.5 Å². The molecule has 2 aliphatic heterocycles. The lowest BCUT2D eigenvalue weighted by molar-refractivity contribution is 0.116. The number of anilines is 3. The fourth-order valence-corrected chi connectivity index (χ4v) is 4.45. The monoisotopic (exact) mass is 454 g/mol. The Hall–Kier alpha value is -2.90. The predicted molar refractivity (Wildman–Crippen MR) is 122 cm³/mol. The molecule has 1 atom stereocenters. The van der Waals surface area contributed by atoms with Crippen LogP contribution in [0.4, 0.5) is 21.6 Å². The maximum atomic E-state index is 13.4. The van der Waals surface area contributed by atoms with Crippen LogP contribution in [-0.4, -0.2) is 35.8 Å². The molecule has 1 aromatic heterocycles. The summed E-state index contributed by atoms with van der Waals surface area (Å²) in [4.78, 5) is 11.3. The first-order valence-electron chi connectivity index (χ1n) is 10.8. The van der Waals surface area contributed by atoms with Gasteiger partial charge in [-0.15, -0.1) is 0 Å². The fourth-order valence-electron chi connectivity index (χ4n) is 4.21. The summed E-state index contributed by atoms with van der Waals surface area (Å²) in [6.07, 6.45) is 4.96. The third-order valence-electron chi connectivity index (χ3n) is 5.76. The number of aromatic nitrogens is 2. The first-order chi connectivity index (χ1) is 15.7. The molecule has 3 heterocycles. The van der Waals surface area contributed by atoms with Gasteiger partial charge in [-0.2, -0.15) is 0 Å². The molecular formula is C24H24ClFN4O2. The Kier molecular flexibility index (Phi) is 6.10. The van der Waals surface area contributed by atoms with E-state index in [1.807, 2.05) is 12.1 Å². The van der Waals surface area contributed by atoms with Crippen molar-refractivity contribution >= 4 is 28.8 Å². The van der Waals surface area contributed by atoms with Crippen LogP contribution in [0.3, 0.4) is 0 Å². The standard InChI is InChI=1S/C24H24ClFN4O2/c25-20-12-18(6-7-22(20)32-14-16-3-1-4-17(26)11-16)29-24-23-21(27-15-28-24)8-9-30(23)13-19-5-2-10-31-19/h1,3-4,6-7,11-12,15,19H,2,5,8-10,13-14H2,(H,27,28,29). The van der Waals surface area contributed by atoms with Crippen LogP contribution in [0, 0.1) is 5.82 Å². The quantitative estimate of drug-likeness (QED) is 0.534. The zero-order valence-electron chi connectivity index (χ0n) is 17.6. The molecule has 0 amide bonds. The van der Waals surface area contributed by atoms with Crippen LogP contribution >= 0.6 is 11.6 Å². The first kappa shape index (κ1) is 21.0. The molecule has 2 aliphatic rings. The third kappa shape index (κ3) is 4.64. The van der Waals surface area contributed by atoms with E-state index in [4.69, 9.17) is 21.1 Å². The maximum Gasteiger partial charge on any atom is 0.157 e. The van der Waals surface area contributed by atoms with Gasteiger partial charge in [-0.05, 0) is 48.7 Å². The molecule has 0 saturated carbocycles. The van der Waals surface area contributed by atoms with Crippen LogP contribution in [-0.2, 0) is 17.8 Å². The molecule has 1 unspecified atom stereocenters. The molecule has 8 heteroatoms. The van der Waals surface area contributed by atoms with Crippen molar-refractivity contribution in [1.29, 1.82) is 0 Å². The highest BCUT2D eigenvalue weighted by molar-refractivity contribution is 6.32. The van der Waals surface area contributed by atoms with E-state index in [-0.39, 0.29) is 18.5 Å². The van der Waals surface area contributed by atoms with Gasteiger partial charge < -0.3 is 19.7 Å². The lowest BCUT2D eigenvalue weighted by Crippen LogP contribution is -2.31. The highest BCUT2D eigenvalue weighted by Gasteiger charge is 2.28. The van der Waals surface area contributed by atoms with Crippen LogP contribution in [0.1, 0.15) is 24.1 Å². The molecule has 3 aromatic rings. The van der Waals surface area contributed by atoms with Crippen molar-refractivity contribution in [3.05, 3.63) is 70.9 Å². The van der Waals surface area contributed by atoms with Gasteiger partial charge in [0.1, 0.15) is 30.2 Å². The minimum absolute atomic E-state index is 0.238. The highest BCUT2D eigenvalue weighted by Crippen LogP contribution is 2.36. The summed E-state index contributed by atoms with van der Waals surface area (Å²) >= 11 is 6.45. The van der Waals surface area contributed by atoms with Crippen molar-refractivity contribution in [2.45, 2.75) is 32.0 Å². The average Bonchev–Trinajstić information content (AvgIpc) is 3.44. The van der Waals surface area contributed by atoms with Gasteiger partial charge in [-0.3, -0.25) is 0 Å². The Bertz CT molecular complexity index is 1110. The number of hydrogen-bond donors (Lipinski definition) is 1. The van der Waals surface area contributed by atoms with Gasteiger partial charge in [-0.25, -0.2) is 14.4 Å². The predicted octanol–water partition coefficient (Wildman–Crippen LogP) is 5.13. The van der Waals surface area contributed by atoms with Crippen molar-refractivity contribution in [2.24, 2.45) is 0 Å². The van der Waals surface area contributed by atoms with Crippen LogP contribution in [0.15, 0.2) is 48.8 Å². The van der Waals surface area contributed by atoms with E-state index in [0.29, 0.717) is 10.8 Å². The summed E-state index contributed by atoms with van der Waals surface area (Å²) in [7, 11) is 0. The molecule has 2 aromatic carbocycles. The molecule has 0 radical (unpaired) electrons. The number of rotatable bonds is 7. The van der Waals surface area contributed by atoms with Gasteiger partial charge in [0, 0.05) is 31.8 Å². The van der Waals surface area contributed by atoms with Gasteiger partial charge in [-0.1, -0.05) is 23.7 Å². The summed E-state index contributed by atoms with van der Waals surface area (Å²) in [5.41, 5.74) is 3.62. The van der Waals surface area contributed by atoms with Crippen molar-refractivity contribution in [3.8, 4) is 5.75 Å². The van der Waals surface area contributed by atoms with Crippen molar-refractivity contribution in [1.82, 2.24) is 9.97 Å². The van der Waals surface area contributed by atoms with Crippen LogP contribution in [0.5, 0.6) is 5.75 Å². The lowest BCUT2D eigenvalue weighted by Gasteiger charge is -2.24. The SMILES string of the molecule is Fc1cccc(COc2ccc(Nc3ncnc4c3N(CC3CCCO3)CC4)cc2Cl)c1. The Morgan fingerprint density at radius 3 is 2.97 bits per heavy atom. The number of halogens is 2. The van der Waals surface area contributed by atoms with E-state index in [2.05, 4.69) is 20.2 Å². The minimum Gasteiger partial charge on any atom is -0.487 e. The summed E-state index contributed by atoms with van der Waals surface area (Å²) in [5, 5.41) is 3.85. The van der Waals surface area contributed by atoms with Crippen molar-refractivity contribution < 1.29 is 13.9 Å². The molecular weight excluding hydrogens is 431 g/mol. The highest BCUT2D eigenvalue weighted by atomic mass is 35.5. The fraction of sp³-hybridized carbons (Fsp3) is 0.333. The normalized spacial score (nSPS) is 17.4. The third-order valence-corrected chi connectivity index (χ3v) is 6.05. The smallest absolute Gasteiger partial charge is 0.157 e. The number of ether oxygens (including phenoxy) is 2. The molecule has 0 spiro atoms. The summed E-state index contributed by atoms with van der Waals surface area (Å²) < 4.78 is 25.0. The zero-order valence-corrected chi connectivity index (χ0v) is 18.3. The van der Waals surface area contributed by atoms with E-state index >= 15 is 0 Å². The summed E-state index contributed by atoms with van der Waals surface area (Å²) in [6, 6.07) is 11.8. The van der Waals surface area contributed by atoms with Gasteiger partial charge >= 0.3 is 0 Å². The largest absolute Gasteiger partial charge is 0.487 e. The maximum absolute atomic E-state index is 13.4. The number of nitrogens with one attached hydrogen (secondary N) is 1. The average molecular weight is 455 g/mol. The molecule has 166 valence electrons. The van der Waals surface area contributed by atoms with E-state index < -0.39 is 0 Å². The van der Waals surface area contributed by atoms with Gasteiger partial charge in [0.25, 0.3) is 0 Å². The Morgan fingerprint density at radius 2 is 2.16 bits per heavy atom. The summed E-state index contributed by atoms with van der Waals surface area (Å²) in [6.45, 7) is 2.84. The van der Waals surface area contributed by atoms with Crippen LogP contribution in [0.25, 0.3) is 0 Å². The van der Waals surface area contributed by atoms with Crippen molar-refractivity contribution in [3.63, 3.8) is 0 Å². The number of benzene rings is 2. The lowest BCUT2D eigenvalue weighted by atomic mass is 10.2. The van der Waals surface area contributed by atoms with E-state index in [9.17, 15) is 4.39 Å². The molecule has 1 saturated heterocycles. The summed E-state index contributed by atoms with van der Waals surface area (Å²) in [5.74, 6) is 1.01. The molecule has 1 N–H and O–H groups in total. The number of nitrogens with zero attached hydrogens (tertiary/aromatic N) is 3. The Balaban J connectivity index is 1.29. The molecule has 32 heavy (non-hydrogen) atoms. The van der Waals surface area contributed by atoms with Crippen LogP contribution < -0.4 is 15.0 Å². The van der Waals surface area contributed by atoms with E-state index in [1.165, 1.54) is 12.1 Å². The second-order valence-electron chi connectivity index (χ2n) is 8.04. The Morgan fingerprint density at radius 1 is 1.22 bits per heavy atom. The first-order valence-corrected chi connectivity index (χ1v) is 11.2. The zero-order chi connectivity index (χ0) is 21.9. The van der Waals surface area contributed by atoms with E-state index in [0.717, 1.165) is 67.4 Å². The number of hydrogen-bond acceptors (Lipinski definition) is 6. The van der Waals surface area contributed by atoms with Crippen LogP contribution in [0.2, 0.25) is 5.02 Å². The Labute approximate surface area is 191 Å². The van der Waals surface area contributed by atoms with E-state index in [1.54, 1.807) is 24.5 Å². The molecule has 1 fully saturated rings. The van der Waals surface area contributed by atoms with Gasteiger partial charge in [0.05, 0.1) is 16.8 Å². The molecule has 5 rings (SSSR count). The minimum atomic E-state index is -0.289. The van der Waals surface area contributed by atoms with Gasteiger partial charge in [0.15, 0.2) is 5.82 Å². The second kappa shape index (κ2) is 9.30. The second-order valence-corrected chi connectivity index (χ2v) is 8.44. The molecule has 0 bridgehead atoms. The number of fused-ring (bicyclic) bond motifs is 1.